The Morgan fingerprint density at radius 2 is 1.90 bits per heavy atom. The van der Waals surface area contributed by atoms with Gasteiger partial charge in [-0.05, 0) is 43.8 Å². The van der Waals surface area contributed by atoms with Crippen molar-refractivity contribution in [3.8, 4) is 5.75 Å². The predicted octanol–water partition coefficient (Wildman–Crippen LogP) is 4.65. The fourth-order valence-corrected chi connectivity index (χ4v) is 5.29. The summed E-state index contributed by atoms with van der Waals surface area (Å²) >= 11 is 0. The average Bonchev–Trinajstić information content (AvgIpc) is 3.43. The van der Waals surface area contributed by atoms with Gasteiger partial charge in [-0.15, -0.1) is 0 Å². The van der Waals surface area contributed by atoms with Gasteiger partial charge in [-0.25, -0.2) is 23.8 Å². The molecule has 12 heteroatoms. The van der Waals surface area contributed by atoms with Gasteiger partial charge in [-0.3, -0.25) is 9.63 Å². The van der Waals surface area contributed by atoms with Gasteiger partial charge in [0, 0.05) is 50.3 Å². The highest BCUT2D eigenvalue weighted by atomic mass is 19.1. The predicted molar refractivity (Wildman–Crippen MR) is 154 cm³/mol. The minimum atomic E-state index is -0.655. The Labute approximate surface area is 237 Å². The van der Waals surface area contributed by atoms with Crippen molar-refractivity contribution in [2.24, 2.45) is 0 Å². The summed E-state index contributed by atoms with van der Waals surface area (Å²) in [5, 5.41) is 7.72. The second-order valence-corrected chi connectivity index (χ2v) is 10.1. The van der Waals surface area contributed by atoms with Crippen LogP contribution in [0.3, 0.4) is 0 Å². The summed E-state index contributed by atoms with van der Waals surface area (Å²) in [6.07, 6.45) is 3.12. The van der Waals surface area contributed by atoms with Crippen molar-refractivity contribution >= 4 is 34.6 Å². The van der Waals surface area contributed by atoms with Crippen LogP contribution in [0.5, 0.6) is 5.75 Å². The first kappa shape index (κ1) is 28.2. The van der Waals surface area contributed by atoms with E-state index in [1.807, 2.05) is 6.07 Å². The number of rotatable bonds is 8. The van der Waals surface area contributed by atoms with Crippen LogP contribution in [-0.2, 0) is 9.63 Å². The van der Waals surface area contributed by atoms with Gasteiger partial charge in [-0.1, -0.05) is 6.58 Å². The Hall–Kier alpha value is -4.29. The molecule has 0 saturated carbocycles. The number of nitrogens with one attached hydrogen (secondary N) is 2. The largest absolute Gasteiger partial charge is 0.494 e. The molecule has 0 radical (unpaired) electrons. The van der Waals surface area contributed by atoms with Crippen LogP contribution in [0.2, 0.25) is 0 Å². The molecule has 0 bridgehead atoms. The van der Waals surface area contributed by atoms with Gasteiger partial charge in [-0.2, -0.15) is 0 Å². The Bertz CT molecular complexity index is 1420. The molecule has 2 aromatic carbocycles. The number of hydroxylamine groups is 1. The van der Waals surface area contributed by atoms with Crippen molar-refractivity contribution in [3.63, 3.8) is 0 Å². The normalized spacial score (nSPS) is 19.2. The summed E-state index contributed by atoms with van der Waals surface area (Å²) in [5.74, 6) is -0.255. The smallest absolute Gasteiger partial charge is 0.247 e. The fourth-order valence-electron chi connectivity index (χ4n) is 5.29. The lowest BCUT2D eigenvalue weighted by Gasteiger charge is -2.40. The first-order chi connectivity index (χ1) is 19.7. The van der Waals surface area contributed by atoms with Gasteiger partial charge in [0.15, 0.2) is 5.82 Å². The quantitative estimate of drug-likeness (QED) is 0.379. The number of nitrogens with zero attached hydrogens (tertiary/aromatic N) is 5. The van der Waals surface area contributed by atoms with E-state index in [0.717, 1.165) is 31.4 Å². The molecule has 5 rings (SSSR count). The molecule has 2 aliphatic rings. The van der Waals surface area contributed by atoms with Gasteiger partial charge in [0.05, 0.1) is 36.8 Å². The lowest BCUT2D eigenvalue weighted by molar-refractivity contribution is -0.111. The Morgan fingerprint density at radius 3 is 2.61 bits per heavy atom. The van der Waals surface area contributed by atoms with Crippen molar-refractivity contribution in [3.05, 3.63) is 72.6 Å². The number of hydrogen-bond acceptors (Lipinski definition) is 9. The number of aromatic nitrogens is 2. The third kappa shape index (κ3) is 6.23. The van der Waals surface area contributed by atoms with Gasteiger partial charge in [0.2, 0.25) is 5.91 Å². The summed E-state index contributed by atoms with van der Waals surface area (Å²) in [4.78, 5) is 31.3. The van der Waals surface area contributed by atoms with E-state index in [2.05, 4.69) is 51.0 Å². The standard InChI is InChI=1S/C29H33F2N7O3/c1-5-29(39)35-22-13-23(26(40-4)14-25(22)37-8-7-36(3)16-18(37)2)34-27-15-28(33-17-32-27)38-24(6-9-41-38)19-10-20(30)12-21(31)11-19/h5,10-15,17-18,24H,1,6-9,16H2,2-4H3,(H,35,39)(H,32,33,34)/t18-,24-/m1/s1. The molecule has 2 aliphatic heterocycles. The molecule has 3 heterocycles. The molecule has 2 atom stereocenters. The Kier molecular flexibility index (Phi) is 8.31. The SMILES string of the molecule is C=CC(=O)Nc1cc(Nc2cc(N3OCC[C@@H]3c3cc(F)cc(F)c3)ncn2)c(OC)cc1N1CCN(C)C[C@H]1C. The first-order valence-corrected chi connectivity index (χ1v) is 13.3. The number of hydrogen-bond donors (Lipinski definition) is 2. The maximum atomic E-state index is 13.9. The average molecular weight is 566 g/mol. The van der Waals surface area contributed by atoms with Crippen molar-refractivity contribution in [1.29, 1.82) is 0 Å². The molecule has 3 aromatic rings. The van der Waals surface area contributed by atoms with Crippen LogP contribution < -0.4 is 25.3 Å². The van der Waals surface area contributed by atoms with Crippen LogP contribution >= 0.6 is 0 Å². The third-order valence-corrected chi connectivity index (χ3v) is 7.22. The van der Waals surface area contributed by atoms with Gasteiger partial charge in [0.1, 0.15) is 29.5 Å². The zero-order valence-corrected chi connectivity index (χ0v) is 23.2. The van der Waals surface area contributed by atoms with E-state index < -0.39 is 17.7 Å². The molecule has 10 nitrogen and oxygen atoms in total. The van der Waals surface area contributed by atoms with Crippen molar-refractivity contribution in [2.75, 3.05) is 61.0 Å². The number of amides is 1. The summed E-state index contributed by atoms with van der Waals surface area (Å²) in [6.45, 7) is 8.63. The number of methoxy groups -OCH3 is 1. The number of anilines is 5. The highest BCUT2D eigenvalue weighted by molar-refractivity contribution is 6.02. The molecule has 1 amide bonds. The van der Waals surface area contributed by atoms with Crippen LogP contribution in [0.15, 0.2) is 55.4 Å². The lowest BCUT2D eigenvalue weighted by Crippen LogP contribution is -2.50. The Morgan fingerprint density at radius 1 is 1.12 bits per heavy atom. The van der Waals surface area contributed by atoms with E-state index in [1.165, 1.54) is 29.6 Å². The van der Waals surface area contributed by atoms with E-state index >= 15 is 0 Å². The molecule has 0 unspecified atom stereocenters. The van der Waals surface area contributed by atoms with Gasteiger partial charge < -0.3 is 25.2 Å². The number of piperazine rings is 1. The number of benzene rings is 2. The van der Waals surface area contributed by atoms with Crippen LogP contribution in [0.1, 0.15) is 24.9 Å². The lowest BCUT2D eigenvalue weighted by atomic mass is 10.0. The van der Waals surface area contributed by atoms with E-state index in [-0.39, 0.29) is 11.9 Å². The molecule has 1 aromatic heterocycles. The molecule has 0 aliphatic carbocycles. The van der Waals surface area contributed by atoms with Crippen LogP contribution in [0.4, 0.5) is 37.5 Å². The van der Waals surface area contributed by atoms with E-state index in [0.29, 0.717) is 47.4 Å². The first-order valence-electron chi connectivity index (χ1n) is 13.3. The second kappa shape index (κ2) is 12.1. The topological polar surface area (TPSA) is 95.1 Å². The number of halogens is 2. The number of carbonyl (C=O) groups excluding carboxylic acids is 1. The van der Waals surface area contributed by atoms with Crippen molar-refractivity contribution in [2.45, 2.75) is 25.4 Å². The monoisotopic (exact) mass is 565 g/mol. The van der Waals surface area contributed by atoms with E-state index in [4.69, 9.17) is 9.57 Å². The summed E-state index contributed by atoms with van der Waals surface area (Å²) in [6, 6.07) is 8.57. The molecule has 2 N–H and O–H groups in total. The number of carbonyl (C=O) groups is 1. The van der Waals surface area contributed by atoms with E-state index in [1.54, 1.807) is 19.2 Å². The maximum absolute atomic E-state index is 13.9. The van der Waals surface area contributed by atoms with Crippen molar-refractivity contribution in [1.82, 2.24) is 14.9 Å². The zero-order valence-electron chi connectivity index (χ0n) is 23.2. The highest BCUT2D eigenvalue weighted by Gasteiger charge is 2.30. The van der Waals surface area contributed by atoms with Crippen LogP contribution in [0, 0.1) is 11.6 Å². The van der Waals surface area contributed by atoms with Gasteiger partial charge >= 0.3 is 0 Å². The molecule has 41 heavy (non-hydrogen) atoms. The zero-order chi connectivity index (χ0) is 29.1. The van der Waals surface area contributed by atoms with Gasteiger partial charge in [0.25, 0.3) is 0 Å². The molecule has 2 saturated heterocycles. The molecule has 2 fully saturated rings. The Balaban J connectivity index is 1.46. The van der Waals surface area contributed by atoms with E-state index in [9.17, 15) is 13.6 Å². The molecule has 0 spiro atoms. The summed E-state index contributed by atoms with van der Waals surface area (Å²) in [5.41, 5.74) is 2.45. The minimum absolute atomic E-state index is 0.209. The number of likely N-dealkylation sites (N-methyl/N-ethyl adjacent to an activating group) is 1. The number of ether oxygens (including phenoxy) is 1. The summed E-state index contributed by atoms with van der Waals surface area (Å²) < 4.78 is 33.6. The fraction of sp³-hybridized carbons (Fsp3) is 0.345. The van der Waals surface area contributed by atoms with Crippen molar-refractivity contribution < 1.29 is 23.1 Å². The maximum Gasteiger partial charge on any atom is 0.247 e. The minimum Gasteiger partial charge on any atom is -0.494 e. The second-order valence-electron chi connectivity index (χ2n) is 10.1. The van der Waals surface area contributed by atoms with Crippen LogP contribution in [0.25, 0.3) is 0 Å². The summed E-state index contributed by atoms with van der Waals surface area (Å²) in [7, 11) is 3.66. The molecular weight excluding hydrogens is 532 g/mol. The molecule has 216 valence electrons. The van der Waals surface area contributed by atoms with Crippen LogP contribution in [-0.4, -0.2) is 67.2 Å². The molecular formula is C29H33F2N7O3. The third-order valence-electron chi connectivity index (χ3n) is 7.22. The highest BCUT2D eigenvalue weighted by Crippen LogP contribution is 2.40.